The molecule has 1 unspecified atom stereocenters. The second-order valence-electron chi connectivity index (χ2n) is 9.00. The van der Waals surface area contributed by atoms with Crippen LogP contribution in [0.25, 0.3) is 0 Å². The van der Waals surface area contributed by atoms with Gasteiger partial charge in [0.2, 0.25) is 0 Å². The first-order valence-electron chi connectivity index (χ1n) is 11.7. The lowest BCUT2D eigenvalue weighted by Crippen LogP contribution is -2.34. The number of carbonyl (C=O) groups is 1. The van der Waals surface area contributed by atoms with Crippen molar-refractivity contribution in [3.05, 3.63) is 53.6 Å². The fourth-order valence-corrected chi connectivity index (χ4v) is 5.99. The molecule has 1 aliphatic heterocycles. The number of nitrogens with one attached hydrogen (secondary N) is 1. The van der Waals surface area contributed by atoms with E-state index in [4.69, 9.17) is 5.73 Å². The molecule has 1 amide bonds. The SMILES string of the molecule is CN(c1ccc(CN)cc1C(=O)Nc1ccc(SN2CCC(C3CCC3)CC2)cc1)S(C)=O. The Morgan fingerprint density at radius 3 is 2.36 bits per heavy atom. The molecule has 1 saturated heterocycles. The molecular weight excluding hydrogens is 452 g/mol. The van der Waals surface area contributed by atoms with Crippen molar-refractivity contribution in [2.24, 2.45) is 17.6 Å². The number of anilines is 2. The third kappa shape index (κ3) is 5.98. The Kier molecular flexibility index (Phi) is 8.11. The average molecular weight is 487 g/mol. The molecule has 1 atom stereocenters. The van der Waals surface area contributed by atoms with E-state index in [-0.39, 0.29) is 5.91 Å². The van der Waals surface area contributed by atoms with Gasteiger partial charge in [0.1, 0.15) is 11.0 Å². The molecule has 2 fully saturated rings. The van der Waals surface area contributed by atoms with Gasteiger partial charge in [0.05, 0.1) is 11.3 Å². The summed E-state index contributed by atoms with van der Waals surface area (Å²) in [6, 6.07) is 13.4. The predicted octanol–water partition coefficient (Wildman–Crippen LogP) is 4.65. The van der Waals surface area contributed by atoms with Gasteiger partial charge in [0.15, 0.2) is 0 Å². The van der Waals surface area contributed by atoms with Crippen LogP contribution in [0.3, 0.4) is 0 Å². The normalized spacial score (nSPS) is 18.5. The summed E-state index contributed by atoms with van der Waals surface area (Å²) in [7, 11) is 0.476. The molecule has 0 bridgehead atoms. The van der Waals surface area contributed by atoms with Gasteiger partial charge >= 0.3 is 0 Å². The van der Waals surface area contributed by atoms with Gasteiger partial charge in [-0.1, -0.05) is 25.3 Å². The van der Waals surface area contributed by atoms with Crippen LogP contribution in [0, 0.1) is 11.8 Å². The summed E-state index contributed by atoms with van der Waals surface area (Å²) in [5.41, 5.74) is 8.43. The van der Waals surface area contributed by atoms with E-state index >= 15 is 0 Å². The van der Waals surface area contributed by atoms with Crippen LogP contribution >= 0.6 is 11.9 Å². The molecule has 2 aromatic carbocycles. The van der Waals surface area contributed by atoms with Crippen LogP contribution in [-0.4, -0.2) is 40.8 Å². The number of carbonyl (C=O) groups excluding carboxylic acids is 1. The maximum absolute atomic E-state index is 13.1. The van der Waals surface area contributed by atoms with Crippen LogP contribution in [0.15, 0.2) is 47.4 Å². The van der Waals surface area contributed by atoms with Gasteiger partial charge in [0.25, 0.3) is 5.91 Å². The first kappa shape index (κ1) is 24.3. The van der Waals surface area contributed by atoms with Crippen molar-refractivity contribution in [3.8, 4) is 0 Å². The zero-order valence-electron chi connectivity index (χ0n) is 19.5. The van der Waals surface area contributed by atoms with E-state index in [1.807, 2.05) is 30.1 Å². The smallest absolute Gasteiger partial charge is 0.257 e. The lowest BCUT2D eigenvalue weighted by atomic mass is 9.72. The molecule has 6 nitrogen and oxygen atoms in total. The lowest BCUT2D eigenvalue weighted by molar-refractivity contribution is 0.102. The summed E-state index contributed by atoms with van der Waals surface area (Å²) in [4.78, 5) is 14.2. The van der Waals surface area contributed by atoms with Crippen molar-refractivity contribution in [1.82, 2.24) is 4.31 Å². The Hall–Kier alpha value is -1.87. The number of benzene rings is 2. The highest BCUT2D eigenvalue weighted by Crippen LogP contribution is 2.40. The summed E-state index contributed by atoms with van der Waals surface area (Å²) in [6.45, 7) is 2.64. The number of nitrogens with zero attached hydrogens (tertiary/aromatic N) is 2. The first-order chi connectivity index (χ1) is 15.9. The van der Waals surface area contributed by atoms with E-state index in [2.05, 4.69) is 21.8 Å². The maximum atomic E-state index is 13.1. The summed E-state index contributed by atoms with van der Waals surface area (Å²) in [5.74, 6) is 1.68. The van der Waals surface area contributed by atoms with Crippen LogP contribution in [0.1, 0.15) is 48.0 Å². The minimum atomic E-state index is -1.24. The Balaban J connectivity index is 1.37. The molecule has 0 aromatic heterocycles. The highest BCUT2D eigenvalue weighted by molar-refractivity contribution is 7.97. The quantitative estimate of drug-likeness (QED) is 0.531. The molecule has 33 heavy (non-hydrogen) atoms. The van der Waals surface area contributed by atoms with E-state index in [1.165, 1.54) is 37.0 Å². The largest absolute Gasteiger partial charge is 0.326 e. The summed E-state index contributed by atoms with van der Waals surface area (Å²) in [6.07, 6.45) is 8.52. The topological polar surface area (TPSA) is 78.7 Å². The van der Waals surface area contributed by atoms with Crippen molar-refractivity contribution < 1.29 is 9.00 Å². The standard InChI is InChI=1S/C25H34N4O2S2/c1-28(33(2)31)24-11-6-18(17-26)16-23(24)25(30)27-21-7-9-22(10-8-21)32-29-14-12-20(13-15-29)19-4-3-5-19/h6-11,16,19-20H,3-5,12-15,17,26H2,1-2H3,(H,27,30). The van der Waals surface area contributed by atoms with Crippen molar-refractivity contribution in [1.29, 1.82) is 0 Å². The van der Waals surface area contributed by atoms with Crippen molar-refractivity contribution in [2.75, 3.05) is 36.0 Å². The molecule has 178 valence electrons. The van der Waals surface area contributed by atoms with Gasteiger partial charge in [-0.25, -0.2) is 8.51 Å². The number of hydrogen-bond acceptors (Lipinski definition) is 5. The van der Waals surface area contributed by atoms with Crippen LogP contribution in [0.5, 0.6) is 0 Å². The monoisotopic (exact) mass is 486 g/mol. The molecule has 2 aliphatic rings. The maximum Gasteiger partial charge on any atom is 0.257 e. The Bertz CT molecular complexity index is 986. The summed E-state index contributed by atoms with van der Waals surface area (Å²) >= 11 is 1.81. The van der Waals surface area contributed by atoms with Crippen LogP contribution in [0.2, 0.25) is 0 Å². The second kappa shape index (κ2) is 11.0. The zero-order valence-corrected chi connectivity index (χ0v) is 21.1. The van der Waals surface area contributed by atoms with Crippen molar-refractivity contribution in [3.63, 3.8) is 0 Å². The minimum absolute atomic E-state index is 0.240. The van der Waals surface area contributed by atoms with Gasteiger partial charge in [-0.15, -0.1) is 0 Å². The van der Waals surface area contributed by atoms with Gasteiger partial charge in [-0.05, 0) is 78.6 Å². The number of rotatable bonds is 8. The molecule has 1 saturated carbocycles. The number of amides is 1. The molecule has 0 radical (unpaired) electrons. The highest BCUT2D eigenvalue weighted by Gasteiger charge is 2.30. The minimum Gasteiger partial charge on any atom is -0.326 e. The second-order valence-corrected chi connectivity index (χ2v) is 11.6. The zero-order chi connectivity index (χ0) is 23.4. The van der Waals surface area contributed by atoms with E-state index in [9.17, 15) is 9.00 Å². The third-order valence-corrected chi connectivity index (χ3v) is 9.00. The molecule has 1 aliphatic carbocycles. The average Bonchev–Trinajstić information content (AvgIpc) is 2.79. The predicted molar refractivity (Wildman–Crippen MR) is 139 cm³/mol. The van der Waals surface area contributed by atoms with E-state index in [0.717, 1.165) is 36.2 Å². The highest BCUT2D eigenvalue weighted by atomic mass is 32.2. The Morgan fingerprint density at radius 2 is 1.79 bits per heavy atom. The molecule has 0 spiro atoms. The van der Waals surface area contributed by atoms with Crippen molar-refractivity contribution >= 4 is 40.2 Å². The van der Waals surface area contributed by atoms with Gasteiger partial charge in [-0.3, -0.25) is 9.10 Å². The summed E-state index contributed by atoms with van der Waals surface area (Å²) in [5, 5.41) is 2.98. The Morgan fingerprint density at radius 1 is 1.12 bits per heavy atom. The van der Waals surface area contributed by atoms with Gasteiger partial charge < -0.3 is 11.1 Å². The number of nitrogens with two attached hydrogens (primary N) is 1. The lowest BCUT2D eigenvalue weighted by Gasteiger charge is -2.39. The third-order valence-electron chi connectivity index (χ3n) is 6.93. The first-order valence-corrected chi connectivity index (χ1v) is 14.0. The molecular formula is C25H34N4O2S2. The Labute approximate surface area is 204 Å². The van der Waals surface area contributed by atoms with Crippen molar-refractivity contribution in [2.45, 2.75) is 43.5 Å². The van der Waals surface area contributed by atoms with Gasteiger partial charge in [0, 0.05) is 43.5 Å². The van der Waals surface area contributed by atoms with Gasteiger partial charge in [-0.2, -0.15) is 0 Å². The molecule has 8 heteroatoms. The van der Waals surface area contributed by atoms with E-state index in [0.29, 0.717) is 17.8 Å². The van der Waals surface area contributed by atoms with E-state index in [1.54, 1.807) is 29.7 Å². The van der Waals surface area contributed by atoms with E-state index < -0.39 is 11.0 Å². The molecule has 3 N–H and O–H groups in total. The van der Waals surface area contributed by atoms with Crippen LogP contribution < -0.4 is 15.4 Å². The fraction of sp³-hybridized carbons (Fsp3) is 0.480. The molecule has 1 heterocycles. The fourth-order valence-electron chi connectivity index (χ4n) is 4.60. The van der Waals surface area contributed by atoms with Crippen LogP contribution in [-0.2, 0) is 17.5 Å². The van der Waals surface area contributed by atoms with Crippen LogP contribution in [0.4, 0.5) is 11.4 Å². The molecule has 4 rings (SSSR count). The number of hydrogen-bond donors (Lipinski definition) is 2. The number of piperidine rings is 1. The molecule has 2 aromatic rings. The summed E-state index contributed by atoms with van der Waals surface area (Å²) < 4.78 is 16.0.